The van der Waals surface area contributed by atoms with Crippen LogP contribution in [-0.2, 0) is 0 Å². The Kier molecular flexibility index (Phi) is 6.84. The van der Waals surface area contributed by atoms with Gasteiger partial charge in [-0.3, -0.25) is 0 Å². The molecule has 0 atom stereocenters. The summed E-state index contributed by atoms with van der Waals surface area (Å²) in [6, 6.07) is 67.0. The van der Waals surface area contributed by atoms with Crippen LogP contribution in [0.25, 0.3) is 66.1 Å². The smallest absolute Gasteiger partial charge is 0.136 e. The van der Waals surface area contributed by atoms with Crippen LogP contribution in [0.15, 0.2) is 192 Å². The number of nitrogens with zero attached hydrogens (tertiary/aromatic N) is 1. The lowest BCUT2D eigenvalue weighted by Crippen LogP contribution is -2.11. The molecule has 1 aromatic heterocycles. The third-order valence-corrected chi connectivity index (χ3v) is 9.26. The minimum atomic E-state index is 0.912. The average molecular weight is 614 g/mol. The average Bonchev–Trinajstić information content (AvgIpc) is 3.52. The fourth-order valence-corrected chi connectivity index (χ4v) is 6.84. The van der Waals surface area contributed by atoms with Crippen molar-refractivity contribution in [3.8, 4) is 33.4 Å². The number of fused-ring (bicyclic) bond motifs is 4. The van der Waals surface area contributed by atoms with Gasteiger partial charge in [-0.15, -0.1) is 0 Å². The van der Waals surface area contributed by atoms with Crippen molar-refractivity contribution in [3.63, 3.8) is 0 Å². The van der Waals surface area contributed by atoms with Crippen LogP contribution in [0.5, 0.6) is 0 Å². The third kappa shape index (κ3) is 5.01. The van der Waals surface area contributed by atoms with E-state index in [0.717, 1.165) is 44.4 Å². The molecule has 9 aromatic rings. The topological polar surface area (TPSA) is 16.4 Å². The van der Waals surface area contributed by atoms with Crippen LogP contribution >= 0.6 is 0 Å². The van der Waals surface area contributed by atoms with Gasteiger partial charge in [0, 0.05) is 27.7 Å². The van der Waals surface area contributed by atoms with Gasteiger partial charge in [0.05, 0.1) is 5.69 Å². The second-order valence-corrected chi connectivity index (χ2v) is 12.2. The molecule has 0 aliphatic heterocycles. The fourth-order valence-electron chi connectivity index (χ4n) is 6.84. The number of rotatable bonds is 6. The van der Waals surface area contributed by atoms with E-state index in [1.165, 1.54) is 38.8 Å². The molecule has 0 unspecified atom stereocenters. The number of hydrogen-bond donors (Lipinski definition) is 0. The summed E-state index contributed by atoms with van der Waals surface area (Å²) in [7, 11) is 0. The second-order valence-electron chi connectivity index (χ2n) is 12.2. The summed E-state index contributed by atoms with van der Waals surface area (Å²) in [5, 5.41) is 4.59. The third-order valence-electron chi connectivity index (χ3n) is 9.26. The number of para-hydroxylation sites is 2. The summed E-state index contributed by atoms with van der Waals surface area (Å²) < 4.78 is 6.21. The Morgan fingerprint density at radius 2 is 0.896 bits per heavy atom. The highest BCUT2D eigenvalue weighted by molar-refractivity contribution is 6.10. The number of anilines is 3. The van der Waals surface area contributed by atoms with Gasteiger partial charge in [-0.2, -0.15) is 0 Å². The number of hydrogen-bond acceptors (Lipinski definition) is 2. The molecule has 0 bridgehead atoms. The molecule has 0 saturated heterocycles. The maximum absolute atomic E-state index is 6.21. The summed E-state index contributed by atoms with van der Waals surface area (Å²) in [4.78, 5) is 2.38. The van der Waals surface area contributed by atoms with Gasteiger partial charge in [-0.25, -0.2) is 0 Å². The Bertz CT molecular complexity index is 2530. The zero-order valence-electron chi connectivity index (χ0n) is 26.3. The van der Waals surface area contributed by atoms with E-state index in [1.54, 1.807) is 0 Å². The van der Waals surface area contributed by atoms with Gasteiger partial charge in [-0.05, 0) is 87.1 Å². The Morgan fingerprint density at radius 3 is 1.62 bits per heavy atom. The summed E-state index contributed by atoms with van der Waals surface area (Å²) in [5.74, 6) is 0. The Labute approximate surface area is 279 Å². The van der Waals surface area contributed by atoms with Crippen molar-refractivity contribution in [2.24, 2.45) is 0 Å². The molecular formula is C46H31NO. The first-order valence-electron chi connectivity index (χ1n) is 16.3. The van der Waals surface area contributed by atoms with Crippen LogP contribution < -0.4 is 4.90 Å². The summed E-state index contributed by atoms with van der Waals surface area (Å²) in [5.41, 5.74) is 12.3. The predicted molar refractivity (Wildman–Crippen MR) is 202 cm³/mol. The molecule has 2 heteroatoms. The monoisotopic (exact) mass is 613 g/mol. The molecule has 0 aliphatic rings. The van der Waals surface area contributed by atoms with Crippen molar-refractivity contribution in [1.29, 1.82) is 0 Å². The van der Waals surface area contributed by atoms with Gasteiger partial charge < -0.3 is 9.32 Å². The van der Waals surface area contributed by atoms with Gasteiger partial charge >= 0.3 is 0 Å². The second kappa shape index (κ2) is 11.8. The largest absolute Gasteiger partial charge is 0.456 e. The van der Waals surface area contributed by atoms with E-state index in [1.807, 2.05) is 12.1 Å². The van der Waals surface area contributed by atoms with Crippen molar-refractivity contribution < 1.29 is 4.42 Å². The summed E-state index contributed by atoms with van der Waals surface area (Å²) >= 11 is 0. The minimum Gasteiger partial charge on any atom is -0.456 e. The van der Waals surface area contributed by atoms with E-state index in [9.17, 15) is 0 Å². The quantitative estimate of drug-likeness (QED) is 0.185. The molecule has 1 heterocycles. The Balaban J connectivity index is 1.16. The van der Waals surface area contributed by atoms with Crippen LogP contribution in [0.1, 0.15) is 0 Å². The van der Waals surface area contributed by atoms with Crippen LogP contribution in [0, 0.1) is 0 Å². The fraction of sp³-hybridized carbons (Fsp3) is 0. The van der Waals surface area contributed by atoms with E-state index in [0.29, 0.717) is 0 Å². The maximum atomic E-state index is 6.21. The van der Waals surface area contributed by atoms with E-state index in [2.05, 4.69) is 181 Å². The lowest BCUT2D eigenvalue weighted by molar-refractivity contribution is 0.669. The van der Waals surface area contributed by atoms with Crippen molar-refractivity contribution in [2.75, 3.05) is 4.90 Å². The molecule has 2 nitrogen and oxygen atoms in total. The number of furan rings is 1. The van der Waals surface area contributed by atoms with Crippen LogP contribution in [-0.4, -0.2) is 0 Å². The van der Waals surface area contributed by atoms with E-state index >= 15 is 0 Å². The van der Waals surface area contributed by atoms with Crippen LogP contribution in [0.4, 0.5) is 17.1 Å². The SMILES string of the molecule is c1ccc(-c2ccc(-c3ccc(N(c4ccc5cc6oc7ccccc7c6cc5c4)c4ccccc4-c4ccccc4)cc3)cc2)cc1. The first kappa shape index (κ1) is 27.9. The van der Waals surface area contributed by atoms with Crippen molar-refractivity contribution in [1.82, 2.24) is 0 Å². The van der Waals surface area contributed by atoms with Crippen molar-refractivity contribution in [3.05, 3.63) is 188 Å². The first-order chi connectivity index (χ1) is 23.8. The molecule has 0 N–H and O–H groups in total. The molecule has 0 radical (unpaired) electrons. The maximum Gasteiger partial charge on any atom is 0.136 e. The first-order valence-corrected chi connectivity index (χ1v) is 16.3. The molecule has 0 fully saturated rings. The van der Waals surface area contributed by atoms with Crippen molar-refractivity contribution >= 4 is 49.8 Å². The predicted octanol–water partition coefficient (Wildman–Crippen LogP) is 13.2. The molecule has 0 amide bonds. The van der Waals surface area contributed by atoms with Gasteiger partial charge in [0.2, 0.25) is 0 Å². The molecule has 9 rings (SSSR count). The molecule has 0 saturated carbocycles. The van der Waals surface area contributed by atoms with Gasteiger partial charge in [0.25, 0.3) is 0 Å². The zero-order chi connectivity index (χ0) is 31.9. The summed E-state index contributed by atoms with van der Waals surface area (Å²) in [6.45, 7) is 0. The lowest BCUT2D eigenvalue weighted by Gasteiger charge is -2.28. The highest BCUT2D eigenvalue weighted by Crippen LogP contribution is 2.43. The van der Waals surface area contributed by atoms with Crippen LogP contribution in [0.2, 0.25) is 0 Å². The molecule has 0 spiro atoms. The normalized spacial score (nSPS) is 11.3. The molecule has 226 valence electrons. The van der Waals surface area contributed by atoms with E-state index in [4.69, 9.17) is 4.42 Å². The molecule has 48 heavy (non-hydrogen) atoms. The standard InChI is InChI=1S/C46H31NO/c1-3-11-32(12-4-1)33-19-21-34(22-20-33)35-23-26-39(27-24-35)47(44-17-9-7-15-41(44)36-13-5-2-6-14-36)40-28-25-37-31-46-43(30-38(37)29-40)42-16-8-10-18-45(42)48-46/h1-31H. The van der Waals surface area contributed by atoms with Crippen molar-refractivity contribution in [2.45, 2.75) is 0 Å². The van der Waals surface area contributed by atoms with Gasteiger partial charge in [-0.1, -0.05) is 140 Å². The van der Waals surface area contributed by atoms with Gasteiger partial charge in [0.1, 0.15) is 11.2 Å². The molecular weight excluding hydrogens is 583 g/mol. The molecule has 0 aliphatic carbocycles. The van der Waals surface area contributed by atoms with Crippen LogP contribution in [0.3, 0.4) is 0 Å². The van der Waals surface area contributed by atoms with E-state index < -0.39 is 0 Å². The zero-order valence-corrected chi connectivity index (χ0v) is 26.3. The summed E-state index contributed by atoms with van der Waals surface area (Å²) in [6.07, 6.45) is 0. The van der Waals surface area contributed by atoms with E-state index in [-0.39, 0.29) is 0 Å². The highest BCUT2D eigenvalue weighted by atomic mass is 16.3. The van der Waals surface area contributed by atoms with Gasteiger partial charge in [0.15, 0.2) is 0 Å². The number of benzene rings is 8. The Morgan fingerprint density at radius 1 is 0.333 bits per heavy atom. The minimum absolute atomic E-state index is 0.912. The molecule has 8 aromatic carbocycles. The Hall–Kier alpha value is -6.38. The highest BCUT2D eigenvalue weighted by Gasteiger charge is 2.18. The lowest BCUT2D eigenvalue weighted by atomic mass is 9.99.